The molecule has 0 bridgehead atoms. The lowest BCUT2D eigenvalue weighted by Crippen LogP contribution is -1.98. The van der Waals surface area contributed by atoms with Gasteiger partial charge in [-0.15, -0.1) is 0 Å². The minimum Gasteiger partial charge on any atom is -0.467 e. The number of aryl methyl sites for hydroxylation is 1. The van der Waals surface area contributed by atoms with Gasteiger partial charge < -0.3 is 9.73 Å². The molecule has 23 heavy (non-hydrogen) atoms. The van der Waals surface area contributed by atoms with Crippen LogP contribution in [0.4, 0.5) is 5.69 Å². The molecule has 2 aromatic heterocycles. The summed E-state index contributed by atoms with van der Waals surface area (Å²) in [5, 5.41) is 3.35. The van der Waals surface area contributed by atoms with E-state index >= 15 is 0 Å². The zero-order valence-corrected chi connectivity index (χ0v) is 12.9. The minimum absolute atomic E-state index is 0.664. The lowest BCUT2D eigenvalue weighted by Gasteiger charge is -2.07. The van der Waals surface area contributed by atoms with Gasteiger partial charge in [-0.3, -0.25) is 4.57 Å². The number of nitrogens with zero attached hydrogens (tertiary/aromatic N) is 2. The Hall–Kier alpha value is -3.01. The zero-order valence-electron chi connectivity index (χ0n) is 12.9. The van der Waals surface area contributed by atoms with Gasteiger partial charge in [0.15, 0.2) is 0 Å². The van der Waals surface area contributed by atoms with Crippen LogP contribution < -0.4 is 5.32 Å². The largest absolute Gasteiger partial charge is 0.467 e. The maximum absolute atomic E-state index is 5.33. The molecule has 0 atom stereocenters. The molecule has 0 aliphatic carbocycles. The third kappa shape index (κ3) is 2.71. The highest BCUT2D eigenvalue weighted by molar-refractivity contribution is 5.81. The normalized spacial score (nSPS) is 11.0. The molecule has 0 aliphatic heterocycles. The Kier molecular flexibility index (Phi) is 3.35. The molecule has 0 radical (unpaired) electrons. The molecular weight excluding hydrogens is 286 g/mol. The Bertz CT molecular complexity index is 921. The summed E-state index contributed by atoms with van der Waals surface area (Å²) in [7, 11) is 0. The summed E-state index contributed by atoms with van der Waals surface area (Å²) in [6.07, 6.45) is 3.55. The summed E-state index contributed by atoms with van der Waals surface area (Å²) >= 11 is 0. The van der Waals surface area contributed by atoms with E-state index in [2.05, 4.69) is 64.3 Å². The van der Waals surface area contributed by atoms with Crippen LogP contribution in [-0.4, -0.2) is 9.55 Å². The molecule has 0 aliphatic rings. The Balaban J connectivity index is 1.62. The Labute approximate surface area is 134 Å². The number of aromatic nitrogens is 2. The highest BCUT2D eigenvalue weighted by Gasteiger charge is 2.06. The van der Waals surface area contributed by atoms with E-state index < -0.39 is 0 Å². The second-order valence-corrected chi connectivity index (χ2v) is 5.59. The van der Waals surface area contributed by atoms with E-state index in [0.717, 1.165) is 28.2 Å². The van der Waals surface area contributed by atoms with Gasteiger partial charge >= 0.3 is 0 Å². The molecule has 0 amide bonds. The monoisotopic (exact) mass is 303 g/mol. The van der Waals surface area contributed by atoms with Crippen molar-refractivity contribution in [2.24, 2.45) is 0 Å². The van der Waals surface area contributed by atoms with Crippen LogP contribution in [0.5, 0.6) is 0 Å². The van der Waals surface area contributed by atoms with Crippen molar-refractivity contribution in [1.29, 1.82) is 0 Å². The molecule has 0 spiro atoms. The number of hydrogen-bond donors (Lipinski definition) is 1. The molecule has 4 nitrogen and oxygen atoms in total. The van der Waals surface area contributed by atoms with Crippen molar-refractivity contribution in [3.05, 3.63) is 78.5 Å². The van der Waals surface area contributed by atoms with Crippen LogP contribution in [0.2, 0.25) is 0 Å². The van der Waals surface area contributed by atoms with Gasteiger partial charge in [-0.1, -0.05) is 17.7 Å². The van der Waals surface area contributed by atoms with Crippen molar-refractivity contribution in [3.63, 3.8) is 0 Å². The number of hydrogen-bond acceptors (Lipinski definition) is 3. The maximum atomic E-state index is 5.33. The third-order valence-electron chi connectivity index (χ3n) is 3.91. The van der Waals surface area contributed by atoms with Crippen molar-refractivity contribution >= 4 is 16.7 Å². The summed E-state index contributed by atoms with van der Waals surface area (Å²) in [6.45, 7) is 2.75. The summed E-state index contributed by atoms with van der Waals surface area (Å²) in [5.74, 6) is 0.912. The predicted molar refractivity (Wildman–Crippen MR) is 91.8 cm³/mol. The number of imidazole rings is 1. The number of anilines is 1. The summed E-state index contributed by atoms with van der Waals surface area (Å²) in [6, 6.07) is 18.5. The molecule has 4 aromatic rings. The highest BCUT2D eigenvalue weighted by atomic mass is 16.3. The molecule has 4 rings (SSSR count). The minimum atomic E-state index is 0.664. The maximum Gasteiger partial charge on any atom is 0.122 e. The Morgan fingerprint density at radius 3 is 2.74 bits per heavy atom. The van der Waals surface area contributed by atoms with Crippen molar-refractivity contribution in [2.75, 3.05) is 5.32 Å². The fourth-order valence-electron chi connectivity index (χ4n) is 2.64. The van der Waals surface area contributed by atoms with Crippen LogP contribution in [0.15, 0.2) is 71.6 Å². The first-order chi connectivity index (χ1) is 11.3. The molecular formula is C19H17N3O. The second-order valence-electron chi connectivity index (χ2n) is 5.59. The quantitative estimate of drug-likeness (QED) is 0.602. The predicted octanol–water partition coefficient (Wildman–Crippen LogP) is 4.54. The zero-order chi connectivity index (χ0) is 15.6. The molecule has 0 saturated heterocycles. The molecule has 114 valence electrons. The van der Waals surface area contributed by atoms with Crippen LogP contribution in [-0.2, 0) is 6.54 Å². The Morgan fingerprint density at radius 2 is 1.96 bits per heavy atom. The molecule has 0 unspecified atom stereocenters. The SMILES string of the molecule is Cc1ccc(-n2cnc3cc(NCc4ccco4)ccc32)cc1. The fraction of sp³-hybridized carbons (Fsp3) is 0.105. The fourth-order valence-corrected chi connectivity index (χ4v) is 2.64. The van der Waals surface area contributed by atoms with E-state index in [-0.39, 0.29) is 0 Å². The highest BCUT2D eigenvalue weighted by Crippen LogP contribution is 2.22. The first-order valence-electron chi connectivity index (χ1n) is 7.60. The van der Waals surface area contributed by atoms with Gasteiger partial charge in [-0.25, -0.2) is 4.98 Å². The van der Waals surface area contributed by atoms with Gasteiger partial charge in [0.25, 0.3) is 0 Å². The van der Waals surface area contributed by atoms with Crippen molar-refractivity contribution in [1.82, 2.24) is 9.55 Å². The van der Waals surface area contributed by atoms with E-state index in [4.69, 9.17) is 4.42 Å². The molecule has 0 fully saturated rings. The van der Waals surface area contributed by atoms with E-state index in [1.54, 1.807) is 6.26 Å². The lowest BCUT2D eigenvalue weighted by atomic mass is 10.2. The van der Waals surface area contributed by atoms with Gasteiger partial charge in [-0.2, -0.15) is 0 Å². The summed E-state index contributed by atoms with van der Waals surface area (Å²) in [5.41, 5.74) is 5.47. The van der Waals surface area contributed by atoms with Crippen molar-refractivity contribution < 1.29 is 4.42 Å². The number of benzene rings is 2. The number of nitrogens with one attached hydrogen (secondary N) is 1. The number of rotatable bonds is 4. The summed E-state index contributed by atoms with van der Waals surface area (Å²) < 4.78 is 7.43. The van der Waals surface area contributed by atoms with Crippen LogP contribution in [0.3, 0.4) is 0 Å². The molecule has 2 heterocycles. The Morgan fingerprint density at radius 1 is 1.09 bits per heavy atom. The van der Waals surface area contributed by atoms with E-state index in [1.807, 2.05) is 18.5 Å². The van der Waals surface area contributed by atoms with E-state index in [1.165, 1.54) is 5.56 Å². The lowest BCUT2D eigenvalue weighted by molar-refractivity contribution is 0.518. The van der Waals surface area contributed by atoms with Crippen LogP contribution in [0.25, 0.3) is 16.7 Å². The van der Waals surface area contributed by atoms with E-state index in [0.29, 0.717) is 6.54 Å². The van der Waals surface area contributed by atoms with Crippen LogP contribution in [0, 0.1) is 6.92 Å². The van der Waals surface area contributed by atoms with Crippen molar-refractivity contribution in [2.45, 2.75) is 13.5 Å². The molecule has 1 N–H and O–H groups in total. The average Bonchev–Trinajstić information content (AvgIpc) is 3.23. The first kappa shape index (κ1) is 13.6. The second kappa shape index (κ2) is 5.65. The van der Waals surface area contributed by atoms with Gasteiger partial charge in [0.2, 0.25) is 0 Å². The van der Waals surface area contributed by atoms with Gasteiger partial charge in [0.1, 0.15) is 12.1 Å². The smallest absolute Gasteiger partial charge is 0.122 e. The van der Waals surface area contributed by atoms with Gasteiger partial charge in [0, 0.05) is 11.4 Å². The average molecular weight is 303 g/mol. The number of fused-ring (bicyclic) bond motifs is 1. The number of furan rings is 1. The van der Waals surface area contributed by atoms with Gasteiger partial charge in [0.05, 0.1) is 23.8 Å². The van der Waals surface area contributed by atoms with Crippen LogP contribution in [0.1, 0.15) is 11.3 Å². The van der Waals surface area contributed by atoms with Crippen LogP contribution >= 0.6 is 0 Å². The van der Waals surface area contributed by atoms with Crippen molar-refractivity contribution in [3.8, 4) is 5.69 Å². The molecule has 0 saturated carbocycles. The van der Waals surface area contributed by atoms with Gasteiger partial charge in [-0.05, 0) is 49.4 Å². The third-order valence-corrected chi connectivity index (χ3v) is 3.91. The topological polar surface area (TPSA) is 43.0 Å². The summed E-state index contributed by atoms with van der Waals surface area (Å²) in [4.78, 5) is 4.52. The first-order valence-corrected chi connectivity index (χ1v) is 7.60. The molecule has 4 heteroatoms. The van der Waals surface area contributed by atoms with E-state index in [9.17, 15) is 0 Å². The standard InChI is InChI=1S/C19H17N3O/c1-14-4-7-16(8-5-14)22-13-21-18-11-15(6-9-19(18)22)20-12-17-3-2-10-23-17/h2-11,13,20H,12H2,1H3. The molecule has 2 aromatic carbocycles.